The molecule has 1 aliphatic carbocycles. The van der Waals surface area contributed by atoms with Gasteiger partial charge in [0.05, 0.1) is 12.2 Å². The normalized spacial score (nSPS) is 25.0. The number of nitrogens with one attached hydrogen (secondary N) is 10. The van der Waals surface area contributed by atoms with Crippen molar-refractivity contribution >= 4 is 59.1 Å². The van der Waals surface area contributed by atoms with Crippen LogP contribution < -0.4 is 81.8 Å². The molecule has 0 radical (unpaired) electrons. The Hall–Kier alpha value is -5.58. The predicted octanol–water partition coefficient (Wildman–Crippen LogP) is -5.83. The molecule has 1 saturated carbocycles. The fourth-order valence-electron chi connectivity index (χ4n) is 8.63. The van der Waals surface area contributed by atoms with Gasteiger partial charge < -0.3 is 92.0 Å². The molecule has 2 bridgehead atoms. The van der Waals surface area contributed by atoms with Gasteiger partial charge in [-0.15, -0.1) is 0 Å². The van der Waals surface area contributed by atoms with Gasteiger partial charge in [0, 0.05) is 24.9 Å². The van der Waals surface area contributed by atoms with Crippen LogP contribution in [0.2, 0.25) is 0 Å². The zero-order chi connectivity index (χ0) is 56.2. The second-order valence-electron chi connectivity index (χ2n) is 19.7. The lowest BCUT2D eigenvalue weighted by Gasteiger charge is -2.31. The number of hydrogen-bond acceptors (Lipinski definition) is 17. The quantitative estimate of drug-likeness (QED) is 0.0299. The zero-order valence-electron chi connectivity index (χ0n) is 44.2. The van der Waals surface area contributed by atoms with Gasteiger partial charge in [-0.1, -0.05) is 33.1 Å². The smallest absolute Gasteiger partial charge is 0.245 e. The van der Waals surface area contributed by atoms with Gasteiger partial charge in [0.15, 0.2) is 0 Å². The Morgan fingerprint density at radius 2 is 1.09 bits per heavy atom. The number of nitrogens with two attached hydrogens (primary N) is 5. The maximum atomic E-state index is 14.2. The molecule has 22 N–H and O–H groups in total. The van der Waals surface area contributed by atoms with Crippen molar-refractivity contribution in [3.05, 3.63) is 0 Å². The van der Waals surface area contributed by atoms with Crippen molar-refractivity contribution in [3.8, 4) is 0 Å². The van der Waals surface area contributed by atoms with Gasteiger partial charge in [-0.25, -0.2) is 0 Å². The molecule has 3 fully saturated rings. The average Bonchev–Trinajstić information content (AvgIpc) is 3.36. The second-order valence-corrected chi connectivity index (χ2v) is 19.7. The molecule has 3 rings (SSSR count). The molecule has 11 atom stereocenters. The van der Waals surface area contributed by atoms with E-state index in [0.29, 0.717) is 38.0 Å². The van der Waals surface area contributed by atoms with Gasteiger partial charge in [0.25, 0.3) is 0 Å². The van der Waals surface area contributed by atoms with Crippen molar-refractivity contribution in [3.63, 3.8) is 0 Å². The van der Waals surface area contributed by atoms with Crippen molar-refractivity contribution in [2.45, 2.75) is 191 Å². The molecule has 1 unspecified atom stereocenters. The molecule has 428 valence electrons. The van der Waals surface area contributed by atoms with Crippen LogP contribution in [0.1, 0.15) is 124 Å². The molecular weight excluding hydrogens is 979 g/mol. The lowest BCUT2D eigenvalue weighted by atomic mass is 9.85. The molecular formula is C48H89N15O12. The van der Waals surface area contributed by atoms with Crippen molar-refractivity contribution < 1.29 is 58.2 Å². The monoisotopic (exact) mass is 1070 g/mol. The highest BCUT2D eigenvalue weighted by Crippen LogP contribution is 2.25. The van der Waals surface area contributed by atoms with Gasteiger partial charge >= 0.3 is 0 Å². The summed E-state index contributed by atoms with van der Waals surface area (Å²) in [6, 6.07) is -11.6. The largest absolute Gasteiger partial charge is 0.391 e. The lowest BCUT2D eigenvalue weighted by Crippen LogP contribution is -2.61. The average molecular weight is 1070 g/mol. The Kier molecular flexibility index (Phi) is 30.5. The molecule has 0 aromatic carbocycles. The number of aliphatic hydroxyl groups is 2. The molecule has 10 amide bonds. The Morgan fingerprint density at radius 3 is 1.61 bits per heavy atom. The summed E-state index contributed by atoms with van der Waals surface area (Å²) in [7, 11) is 0. The van der Waals surface area contributed by atoms with Crippen LogP contribution in [0.3, 0.4) is 0 Å². The van der Waals surface area contributed by atoms with Crippen molar-refractivity contribution in [1.82, 2.24) is 53.2 Å². The zero-order valence-corrected chi connectivity index (χ0v) is 44.2. The molecule has 2 heterocycles. The minimum atomic E-state index is -1.65. The maximum Gasteiger partial charge on any atom is 0.245 e. The third-order valence-corrected chi connectivity index (χ3v) is 13.4. The van der Waals surface area contributed by atoms with Crippen molar-refractivity contribution in [2.75, 3.05) is 39.3 Å². The van der Waals surface area contributed by atoms with Gasteiger partial charge in [-0.3, -0.25) is 47.9 Å². The van der Waals surface area contributed by atoms with Crippen LogP contribution in [0, 0.1) is 11.8 Å². The number of aliphatic hydroxyl groups excluding tert-OH is 2. The highest BCUT2D eigenvalue weighted by Gasteiger charge is 2.37. The van der Waals surface area contributed by atoms with Crippen molar-refractivity contribution in [2.24, 2.45) is 40.5 Å². The van der Waals surface area contributed by atoms with Gasteiger partial charge in [0.1, 0.15) is 48.3 Å². The molecule has 2 aliphatic heterocycles. The van der Waals surface area contributed by atoms with E-state index in [1.165, 1.54) is 13.8 Å². The standard InChI is InChI=1S/C48H89N15O12/c1-5-26(2)8-6-7-9-37(66)56-31(14-20-49)45(72)63-39(28(4)65)48(75)61-34(17-23-52)43(70)60-36-19-25-54-47(74)38(27(3)64)62-46(73)35(18-24-53)59-42(69)33(16-22-51)57-40(67)29-10-12-30(13-11-29)55-41(68)32(15-21-50)58-44(36)71/h26-36,38-39,64-65H,5-25,49-53H2,1-4H3,(H,54,74)(H,55,68)(H,56,66)(H,57,67)(H,58,71)(H,59,69)(H,60,70)(H,61,75)(H,62,73)(H,63,72)/t26?,27-,28-,29?,30?,31+,32+,33+,34+,35+,36+,38+,39+/m1/s1. The van der Waals surface area contributed by atoms with E-state index in [-0.39, 0.29) is 84.2 Å². The number of unbranched alkanes of at least 4 members (excludes halogenated alkanes) is 1. The molecule has 2 saturated heterocycles. The summed E-state index contributed by atoms with van der Waals surface area (Å²) in [5.74, 6) is -7.73. The van der Waals surface area contributed by atoms with Gasteiger partial charge in [0.2, 0.25) is 59.1 Å². The summed E-state index contributed by atoms with van der Waals surface area (Å²) < 4.78 is 0. The van der Waals surface area contributed by atoms with Crippen molar-refractivity contribution in [1.29, 1.82) is 0 Å². The molecule has 0 aromatic heterocycles. The fraction of sp³-hybridized carbons (Fsp3) is 0.792. The third-order valence-electron chi connectivity index (χ3n) is 13.4. The summed E-state index contributed by atoms with van der Waals surface area (Å²) in [4.78, 5) is 136. The first kappa shape index (κ1) is 65.5. The first-order valence-corrected chi connectivity index (χ1v) is 26.5. The Bertz CT molecular complexity index is 1870. The highest BCUT2D eigenvalue weighted by molar-refractivity contribution is 5.97. The molecule has 27 nitrogen and oxygen atoms in total. The minimum absolute atomic E-state index is 0.000262. The Balaban J connectivity index is 2.45. The summed E-state index contributed by atoms with van der Waals surface area (Å²) in [6.07, 6.45) is 1.17. The molecule has 0 spiro atoms. The number of carbonyl (C=O) groups excluding carboxylic acids is 10. The van der Waals surface area contributed by atoms with Crippen LogP contribution in [0.4, 0.5) is 0 Å². The molecule has 27 heteroatoms. The number of hydrogen-bond donors (Lipinski definition) is 17. The highest BCUT2D eigenvalue weighted by atomic mass is 16.3. The fourth-order valence-corrected chi connectivity index (χ4v) is 8.63. The van der Waals surface area contributed by atoms with Crippen LogP contribution in [0.15, 0.2) is 0 Å². The van der Waals surface area contributed by atoms with Crippen LogP contribution in [0.5, 0.6) is 0 Å². The van der Waals surface area contributed by atoms with Crippen LogP contribution in [-0.4, -0.2) is 175 Å². The molecule has 0 aromatic rings. The minimum Gasteiger partial charge on any atom is -0.391 e. The number of rotatable bonds is 25. The number of amides is 10. The Morgan fingerprint density at radius 1 is 0.573 bits per heavy atom. The van der Waals surface area contributed by atoms with E-state index < -0.39 is 132 Å². The number of carbonyl (C=O) groups is 10. The topological polar surface area (TPSA) is 462 Å². The summed E-state index contributed by atoms with van der Waals surface area (Å²) in [5.41, 5.74) is 29.0. The summed E-state index contributed by atoms with van der Waals surface area (Å²) in [6.45, 7) is 5.96. The van der Waals surface area contributed by atoms with E-state index in [4.69, 9.17) is 28.7 Å². The third kappa shape index (κ3) is 23.1. The van der Waals surface area contributed by atoms with E-state index in [2.05, 4.69) is 67.0 Å². The summed E-state index contributed by atoms with van der Waals surface area (Å²) in [5, 5.41) is 47.2. The first-order chi connectivity index (χ1) is 35.6. The van der Waals surface area contributed by atoms with E-state index in [1.54, 1.807) is 0 Å². The predicted molar refractivity (Wildman–Crippen MR) is 277 cm³/mol. The van der Waals surface area contributed by atoms with E-state index in [9.17, 15) is 58.2 Å². The van der Waals surface area contributed by atoms with Crippen LogP contribution >= 0.6 is 0 Å². The van der Waals surface area contributed by atoms with E-state index in [1.807, 2.05) is 0 Å². The van der Waals surface area contributed by atoms with Gasteiger partial charge in [-0.2, -0.15) is 0 Å². The molecule has 75 heavy (non-hydrogen) atoms. The first-order valence-electron chi connectivity index (χ1n) is 26.5. The van der Waals surface area contributed by atoms with Crippen LogP contribution in [0.25, 0.3) is 0 Å². The molecule has 3 aliphatic rings. The Labute approximate surface area is 439 Å². The SMILES string of the molecule is CCC(C)CCCCC(=O)N[C@@H](CCN)C(=O)N[C@H](C(=O)N[C@@H](CCN)C(=O)N[C@H]1CCNC(=O)[C@H]([C@@H](C)O)NC(=O)[C@H](CCN)NC(=O)[C@H](CCN)NC(=O)C2CCC(CC2)NC(=O)[C@H](CCN)NC1=O)[C@@H](C)O. The van der Waals surface area contributed by atoms with Gasteiger partial charge in [-0.05, 0) is 123 Å². The van der Waals surface area contributed by atoms with E-state index in [0.717, 1.165) is 19.3 Å². The summed E-state index contributed by atoms with van der Waals surface area (Å²) >= 11 is 0. The van der Waals surface area contributed by atoms with E-state index >= 15 is 0 Å². The van der Waals surface area contributed by atoms with Crippen LogP contribution in [-0.2, 0) is 47.9 Å². The number of fused-ring (bicyclic) bond motifs is 20. The maximum absolute atomic E-state index is 14.2. The second kappa shape index (κ2) is 34.9. The lowest BCUT2D eigenvalue weighted by molar-refractivity contribution is -0.136.